The van der Waals surface area contributed by atoms with Crippen molar-refractivity contribution in [2.45, 2.75) is 0 Å². The largest absolute Gasteiger partial charge is 0.357 e. The maximum atomic E-state index is 11.5. The van der Waals surface area contributed by atoms with Gasteiger partial charge in [0, 0.05) is 6.20 Å². The lowest BCUT2D eigenvalue weighted by molar-refractivity contribution is 0.102. The third-order valence-electron chi connectivity index (χ3n) is 1.54. The van der Waals surface area contributed by atoms with E-state index in [4.69, 9.17) is 0 Å². The number of hydrogen-bond donors (Lipinski definition) is 2. The first-order valence-electron chi connectivity index (χ1n) is 3.82. The third kappa shape index (κ3) is 2.02. The van der Waals surface area contributed by atoms with Gasteiger partial charge in [0.25, 0.3) is 5.91 Å². The van der Waals surface area contributed by atoms with Crippen LogP contribution in [0.1, 0.15) is 10.5 Å². The van der Waals surface area contributed by atoms with Crippen LogP contribution in [0.2, 0.25) is 0 Å². The van der Waals surface area contributed by atoms with Crippen LogP contribution in [0.25, 0.3) is 0 Å². The molecule has 0 aliphatic carbocycles. The van der Waals surface area contributed by atoms with Gasteiger partial charge in [0.15, 0.2) is 5.13 Å². The standard InChI is InChI=1S/C8H6BrN3OS/c9-6-4-11-8(14-6)12-7(13)5-2-1-3-10-5/h1-4,10H,(H,11,12,13). The van der Waals surface area contributed by atoms with E-state index in [0.717, 1.165) is 3.79 Å². The fraction of sp³-hybridized carbons (Fsp3) is 0. The van der Waals surface area contributed by atoms with Crippen LogP contribution in [0.15, 0.2) is 28.3 Å². The van der Waals surface area contributed by atoms with Gasteiger partial charge in [-0.25, -0.2) is 4.98 Å². The minimum absolute atomic E-state index is 0.183. The van der Waals surface area contributed by atoms with Gasteiger partial charge in [0.1, 0.15) is 5.69 Å². The monoisotopic (exact) mass is 271 g/mol. The minimum Gasteiger partial charge on any atom is -0.357 e. The second-order valence-electron chi connectivity index (χ2n) is 2.51. The van der Waals surface area contributed by atoms with Crippen LogP contribution in [0, 0.1) is 0 Å². The fourth-order valence-electron chi connectivity index (χ4n) is 0.948. The van der Waals surface area contributed by atoms with E-state index in [1.54, 1.807) is 24.5 Å². The first-order valence-corrected chi connectivity index (χ1v) is 5.43. The van der Waals surface area contributed by atoms with Crippen LogP contribution in [0.5, 0.6) is 0 Å². The van der Waals surface area contributed by atoms with Crippen molar-refractivity contribution in [3.05, 3.63) is 34.0 Å². The number of carbonyl (C=O) groups excluding carboxylic acids is 1. The number of hydrogen-bond acceptors (Lipinski definition) is 3. The SMILES string of the molecule is O=C(Nc1ncc(Br)s1)c1ccc[nH]1. The van der Waals surface area contributed by atoms with Crippen LogP contribution in [0.4, 0.5) is 5.13 Å². The Morgan fingerprint density at radius 3 is 3.07 bits per heavy atom. The number of aromatic amines is 1. The Hall–Kier alpha value is -1.14. The predicted octanol–water partition coefficient (Wildman–Crippen LogP) is 2.49. The van der Waals surface area contributed by atoms with E-state index in [1.165, 1.54) is 11.3 Å². The number of aromatic nitrogens is 2. The molecule has 1 amide bonds. The summed E-state index contributed by atoms with van der Waals surface area (Å²) >= 11 is 4.64. The first kappa shape index (κ1) is 9.42. The molecule has 0 fully saturated rings. The van der Waals surface area contributed by atoms with Crippen LogP contribution in [0.3, 0.4) is 0 Å². The summed E-state index contributed by atoms with van der Waals surface area (Å²) in [5.41, 5.74) is 0.524. The van der Waals surface area contributed by atoms with Gasteiger partial charge in [-0.15, -0.1) is 0 Å². The Morgan fingerprint density at radius 2 is 2.50 bits per heavy atom. The van der Waals surface area contributed by atoms with E-state index in [1.807, 2.05) is 0 Å². The highest BCUT2D eigenvalue weighted by atomic mass is 79.9. The molecule has 2 rings (SSSR count). The molecule has 0 spiro atoms. The smallest absolute Gasteiger partial charge is 0.273 e. The van der Waals surface area contributed by atoms with Crippen LogP contribution < -0.4 is 5.32 Å². The van der Waals surface area contributed by atoms with E-state index in [2.05, 4.69) is 31.2 Å². The van der Waals surface area contributed by atoms with Crippen molar-refractivity contribution in [3.8, 4) is 0 Å². The molecule has 0 aromatic carbocycles. The summed E-state index contributed by atoms with van der Waals surface area (Å²) in [5.74, 6) is -0.183. The first-order chi connectivity index (χ1) is 6.75. The zero-order valence-electron chi connectivity index (χ0n) is 6.95. The summed E-state index contributed by atoms with van der Waals surface area (Å²) in [5, 5.41) is 3.25. The molecule has 0 aliphatic heterocycles. The second-order valence-corrected chi connectivity index (χ2v) is 4.92. The molecule has 72 valence electrons. The summed E-state index contributed by atoms with van der Waals surface area (Å²) < 4.78 is 0.888. The summed E-state index contributed by atoms with van der Waals surface area (Å²) in [6.45, 7) is 0. The number of nitrogens with zero attached hydrogens (tertiary/aromatic N) is 1. The molecule has 0 atom stereocenters. The lowest BCUT2D eigenvalue weighted by atomic mass is 10.4. The molecule has 4 nitrogen and oxygen atoms in total. The van der Waals surface area contributed by atoms with Crippen molar-refractivity contribution in [2.75, 3.05) is 5.32 Å². The number of halogens is 1. The third-order valence-corrected chi connectivity index (χ3v) is 2.93. The van der Waals surface area contributed by atoms with E-state index in [-0.39, 0.29) is 5.91 Å². The Labute approximate surface area is 92.5 Å². The highest BCUT2D eigenvalue weighted by Crippen LogP contribution is 2.23. The zero-order valence-corrected chi connectivity index (χ0v) is 9.35. The number of H-pyrrole nitrogens is 1. The van der Waals surface area contributed by atoms with Crippen LogP contribution in [-0.2, 0) is 0 Å². The molecule has 0 aliphatic rings. The predicted molar refractivity (Wildman–Crippen MR) is 58.6 cm³/mol. The Balaban J connectivity index is 2.09. The van der Waals surface area contributed by atoms with Gasteiger partial charge >= 0.3 is 0 Å². The number of anilines is 1. The zero-order chi connectivity index (χ0) is 9.97. The topological polar surface area (TPSA) is 57.8 Å². The number of rotatable bonds is 2. The van der Waals surface area contributed by atoms with Crippen molar-refractivity contribution in [1.82, 2.24) is 9.97 Å². The van der Waals surface area contributed by atoms with Gasteiger partial charge in [-0.2, -0.15) is 0 Å². The lowest BCUT2D eigenvalue weighted by Crippen LogP contribution is -2.11. The number of thiazole rings is 1. The molecule has 0 saturated carbocycles. The molecule has 2 aromatic rings. The van der Waals surface area contributed by atoms with Crippen molar-refractivity contribution >= 4 is 38.3 Å². The second kappa shape index (κ2) is 3.93. The molecule has 0 unspecified atom stereocenters. The average molecular weight is 272 g/mol. The van der Waals surface area contributed by atoms with Gasteiger partial charge in [-0.1, -0.05) is 11.3 Å². The molecule has 6 heteroatoms. The summed E-state index contributed by atoms with van der Waals surface area (Å²) in [4.78, 5) is 18.3. The molecular formula is C8H6BrN3OS. The summed E-state index contributed by atoms with van der Waals surface area (Å²) in [6.07, 6.45) is 3.35. The normalized spacial score (nSPS) is 10.1. The van der Waals surface area contributed by atoms with Crippen molar-refractivity contribution < 1.29 is 4.79 Å². The quantitative estimate of drug-likeness (QED) is 0.882. The summed E-state index contributed by atoms with van der Waals surface area (Å²) in [6, 6.07) is 3.48. The molecular weight excluding hydrogens is 266 g/mol. The Morgan fingerprint density at radius 1 is 1.64 bits per heavy atom. The lowest BCUT2D eigenvalue weighted by Gasteiger charge is -1.97. The molecule has 0 radical (unpaired) electrons. The maximum Gasteiger partial charge on any atom is 0.273 e. The summed E-state index contributed by atoms with van der Waals surface area (Å²) in [7, 11) is 0. The van der Waals surface area contributed by atoms with Crippen molar-refractivity contribution in [2.24, 2.45) is 0 Å². The van der Waals surface area contributed by atoms with Crippen molar-refractivity contribution in [3.63, 3.8) is 0 Å². The highest BCUT2D eigenvalue weighted by Gasteiger charge is 2.08. The molecule has 2 heterocycles. The molecule has 0 bridgehead atoms. The molecule has 14 heavy (non-hydrogen) atoms. The maximum absolute atomic E-state index is 11.5. The number of carbonyl (C=O) groups is 1. The van der Waals surface area contributed by atoms with Crippen molar-refractivity contribution in [1.29, 1.82) is 0 Å². The van der Waals surface area contributed by atoms with Gasteiger partial charge in [-0.05, 0) is 28.1 Å². The van der Waals surface area contributed by atoms with E-state index >= 15 is 0 Å². The van der Waals surface area contributed by atoms with Crippen LogP contribution >= 0.6 is 27.3 Å². The minimum atomic E-state index is -0.183. The molecule has 2 aromatic heterocycles. The fourth-order valence-corrected chi connectivity index (χ4v) is 2.05. The van der Waals surface area contributed by atoms with E-state index in [9.17, 15) is 4.79 Å². The van der Waals surface area contributed by atoms with Gasteiger partial charge in [-0.3, -0.25) is 10.1 Å². The molecule has 2 N–H and O–H groups in total. The Kier molecular flexibility index (Phi) is 2.64. The Bertz CT molecular complexity index is 437. The van der Waals surface area contributed by atoms with Crippen LogP contribution in [-0.4, -0.2) is 15.9 Å². The highest BCUT2D eigenvalue weighted by molar-refractivity contribution is 9.11. The van der Waals surface area contributed by atoms with Gasteiger partial charge in [0.2, 0.25) is 0 Å². The number of nitrogens with one attached hydrogen (secondary N) is 2. The number of amides is 1. The molecule has 0 saturated heterocycles. The van der Waals surface area contributed by atoms with E-state index < -0.39 is 0 Å². The van der Waals surface area contributed by atoms with E-state index in [0.29, 0.717) is 10.8 Å². The average Bonchev–Trinajstić information content (AvgIpc) is 2.75. The van der Waals surface area contributed by atoms with Gasteiger partial charge < -0.3 is 4.98 Å². The van der Waals surface area contributed by atoms with Gasteiger partial charge in [0.05, 0.1) is 9.98 Å².